The Labute approximate surface area is 142 Å². The van der Waals surface area contributed by atoms with Crippen LogP contribution in [0.1, 0.15) is 19.3 Å². The maximum absolute atomic E-state index is 9.47. The Balaban J connectivity index is 1.72. The number of aliphatic imine (C=N–C) groups is 1. The number of nitrogens with one attached hydrogen (secondary N) is 1. The zero-order valence-electron chi connectivity index (χ0n) is 13.5. The minimum atomic E-state index is -0.125. The van der Waals surface area contributed by atoms with Crippen LogP contribution in [-0.2, 0) is 0 Å². The van der Waals surface area contributed by atoms with Gasteiger partial charge in [0.25, 0.3) is 0 Å². The van der Waals surface area contributed by atoms with Gasteiger partial charge in [-0.25, -0.2) is 0 Å². The molecule has 6 nitrogen and oxygen atoms in total. The number of hydrogen-bond acceptors (Lipinski definition) is 4. The molecule has 0 spiro atoms. The monoisotopic (exact) mass is 340 g/mol. The molecule has 2 rings (SSSR count). The fourth-order valence-corrected chi connectivity index (χ4v) is 2.83. The SMILES string of the molecule is COc1ccc(NC(N)=NCCCN2CCC(O)CC2)cc1Cl. The lowest BCUT2D eigenvalue weighted by atomic mass is 10.1. The summed E-state index contributed by atoms with van der Waals surface area (Å²) in [6.45, 7) is 3.57. The third-order valence-corrected chi connectivity index (χ3v) is 4.19. The van der Waals surface area contributed by atoms with Gasteiger partial charge in [0.05, 0.1) is 18.2 Å². The first kappa shape index (κ1) is 17.8. The van der Waals surface area contributed by atoms with E-state index in [-0.39, 0.29) is 6.10 Å². The number of aliphatic hydroxyl groups excluding tert-OH is 1. The van der Waals surface area contributed by atoms with Crippen LogP contribution in [0.2, 0.25) is 5.02 Å². The van der Waals surface area contributed by atoms with Crippen molar-refractivity contribution in [3.8, 4) is 5.75 Å². The zero-order valence-corrected chi connectivity index (χ0v) is 14.2. The van der Waals surface area contributed by atoms with Crippen molar-refractivity contribution in [1.29, 1.82) is 0 Å². The number of benzene rings is 1. The number of halogens is 1. The van der Waals surface area contributed by atoms with E-state index in [4.69, 9.17) is 22.1 Å². The Bertz CT molecular complexity index is 531. The van der Waals surface area contributed by atoms with Gasteiger partial charge in [-0.3, -0.25) is 4.99 Å². The highest BCUT2D eigenvalue weighted by Crippen LogP contribution is 2.26. The molecule has 7 heteroatoms. The number of nitrogens with two attached hydrogens (primary N) is 1. The van der Waals surface area contributed by atoms with Crippen LogP contribution in [0, 0.1) is 0 Å². The Morgan fingerprint density at radius 2 is 2.22 bits per heavy atom. The summed E-state index contributed by atoms with van der Waals surface area (Å²) in [6, 6.07) is 5.37. The molecule has 0 aliphatic carbocycles. The molecule has 0 saturated carbocycles. The highest BCUT2D eigenvalue weighted by molar-refractivity contribution is 6.32. The summed E-state index contributed by atoms with van der Waals surface area (Å²) in [5, 5.41) is 13.0. The lowest BCUT2D eigenvalue weighted by Gasteiger charge is -2.29. The van der Waals surface area contributed by atoms with Crippen molar-refractivity contribution < 1.29 is 9.84 Å². The van der Waals surface area contributed by atoms with Crippen LogP contribution in [0.25, 0.3) is 0 Å². The molecule has 128 valence electrons. The lowest BCUT2D eigenvalue weighted by molar-refractivity contribution is 0.0824. The third kappa shape index (κ3) is 5.89. The van der Waals surface area contributed by atoms with Gasteiger partial charge in [-0.15, -0.1) is 0 Å². The first-order valence-electron chi connectivity index (χ1n) is 7.89. The minimum Gasteiger partial charge on any atom is -0.495 e. The van der Waals surface area contributed by atoms with Crippen molar-refractivity contribution in [3.05, 3.63) is 23.2 Å². The van der Waals surface area contributed by atoms with Gasteiger partial charge >= 0.3 is 0 Å². The summed E-state index contributed by atoms with van der Waals surface area (Å²) in [5.74, 6) is 1.000. The number of rotatable bonds is 6. The molecule has 0 amide bonds. The van der Waals surface area contributed by atoms with Crippen LogP contribution >= 0.6 is 11.6 Å². The number of nitrogens with zero attached hydrogens (tertiary/aromatic N) is 2. The van der Waals surface area contributed by atoms with E-state index in [1.807, 2.05) is 6.07 Å². The van der Waals surface area contributed by atoms with Gasteiger partial charge < -0.3 is 25.8 Å². The van der Waals surface area contributed by atoms with Crippen LogP contribution in [0.3, 0.4) is 0 Å². The number of piperidine rings is 1. The van der Waals surface area contributed by atoms with E-state index in [2.05, 4.69) is 15.2 Å². The van der Waals surface area contributed by atoms with Crippen molar-refractivity contribution in [1.82, 2.24) is 4.90 Å². The summed E-state index contributed by atoms with van der Waals surface area (Å²) >= 11 is 6.07. The van der Waals surface area contributed by atoms with Crippen LogP contribution < -0.4 is 15.8 Å². The molecule has 1 aliphatic heterocycles. The average Bonchev–Trinajstić information content (AvgIpc) is 2.53. The van der Waals surface area contributed by atoms with Crippen molar-refractivity contribution in [2.75, 3.05) is 38.6 Å². The van der Waals surface area contributed by atoms with Crippen molar-refractivity contribution in [2.45, 2.75) is 25.4 Å². The van der Waals surface area contributed by atoms with Crippen LogP contribution in [-0.4, -0.2) is 55.4 Å². The molecule has 1 fully saturated rings. The number of methoxy groups -OCH3 is 1. The molecule has 0 bridgehead atoms. The van der Waals surface area contributed by atoms with Crippen molar-refractivity contribution >= 4 is 23.2 Å². The van der Waals surface area contributed by atoms with E-state index in [9.17, 15) is 5.11 Å². The van der Waals surface area contributed by atoms with E-state index in [1.54, 1.807) is 19.2 Å². The van der Waals surface area contributed by atoms with Crippen LogP contribution in [0.5, 0.6) is 5.75 Å². The second-order valence-electron chi connectivity index (χ2n) is 5.67. The lowest BCUT2D eigenvalue weighted by Crippen LogP contribution is -2.36. The standard InChI is InChI=1S/C16H25ClN4O2/c1-23-15-4-3-12(11-14(15)17)20-16(18)19-7-2-8-21-9-5-13(22)6-10-21/h3-4,11,13,22H,2,5-10H2,1H3,(H3,18,19,20). The highest BCUT2D eigenvalue weighted by atomic mass is 35.5. The van der Waals surface area contributed by atoms with Crippen molar-refractivity contribution in [2.24, 2.45) is 10.7 Å². The molecule has 1 heterocycles. The molecule has 0 unspecified atom stereocenters. The molecule has 4 N–H and O–H groups in total. The van der Waals surface area contributed by atoms with Gasteiger partial charge in [-0.1, -0.05) is 11.6 Å². The van der Waals surface area contributed by atoms with E-state index in [0.29, 0.717) is 23.3 Å². The normalized spacial score (nSPS) is 17.3. The number of likely N-dealkylation sites (tertiary alicyclic amines) is 1. The minimum absolute atomic E-state index is 0.125. The number of ether oxygens (including phenoxy) is 1. The summed E-state index contributed by atoms with van der Waals surface area (Å²) in [5.41, 5.74) is 6.66. The summed E-state index contributed by atoms with van der Waals surface area (Å²) in [6.07, 6.45) is 2.55. The Morgan fingerprint density at radius 3 is 2.87 bits per heavy atom. The van der Waals surface area contributed by atoms with Crippen LogP contribution in [0.15, 0.2) is 23.2 Å². The molecule has 0 aromatic heterocycles. The Hall–Kier alpha value is -1.50. The average molecular weight is 341 g/mol. The van der Waals surface area contributed by atoms with E-state index < -0.39 is 0 Å². The number of aliphatic hydroxyl groups is 1. The molecular formula is C16H25ClN4O2. The Morgan fingerprint density at radius 1 is 1.48 bits per heavy atom. The van der Waals surface area contributed by atoms with Gasteiger partial charge in [0.2, 0.25) is 0 Å². The van der Waals surface area contributed by atoms with Crippen LogP contribution in [0.4, 0.5) is 5.69 Å². The summed E-state index contributed by atoms with van der Waals surface area (Å²) < 4.78 is 5.11. The summed E-state index contributed by atoms with van der Waals surface area (Å²) in [7, 11) is 1.58. The fourth-order valence-electron chi connectivity index (χ4n) is 2.57. The first-order valence-corrected chi connectivity index (χ1v) is 8.27. The van der Waals surface area contributed by atoms with Gasteiger partial charge in [0.1, 0.15) is 5.75 Å². The third-order valence-electron chi connectivity index (χ3n) is 3.90. The van der Waals surface area contributed by atoms with E-state index >= 15 is 0 Å². The summed E-state index contributed by atoms with van der Waals surface area (Å²) in [4.78, 5) is 6.68. The number of anilines is 1. The molecule has 1 aromatic rings. The molecule has 0 radical (unpaired) electrons. The molecule has 1 aliphatic rings. The predicted molar refractivity (Wildman–Crippen MR) is 94.4 cm³/mol. The largest absolute Gasteiger partial charge is 0.495 e. The van der Waals surface area contributed by atoms with Gasteiger partial charge in [0, 0.05) is 25.3 Å². The van der Waals surface area contributed by atoms with E-state index in [1.165, 1.54) is 0 Å². The molecule has 1 aromatic carbocycles. The van der Waals surface area contributed by atoms with E-state index in [0.717, 1.165) is 44.6 Å². The fraction of sp³-hybridized carbons (Fsp3) is 0.562. The highest BCUT2D eigenvalue weighted by Gasteiger charge is 2.15. The van der Waals surface area contributed by atoms with Gasteiger partial charge in [0.15, 0.2) is 5.96 Å². The first-order chi connectivity index (χ1) is 11.1. The second kappa shape index (κ2) is 8.96. The van der Waals surface area contributed by atoms with Gasteiger partial charge in [-0.05, 0) is 44.0 Å². The maximum Gasteiger partial charge on any atom is 0.193 e. The molecular weight excluding hydrogens is 316 g/mol. The zero-order chi connectivity index (χ0) is 16.7. The quantitative estimate of drug-likeness (QED) is 0.418. The smallest absolute Gasteiger partial charge is 0.193 e. The number of guanidine groups is 1. The molecule has 0 atom stereocenters. The predicted octanol–water partition coefficient (Wildman–Crippen LogP) is 1.92. The molecule has 23 heavy (non-hydrogen) atoms. The van der Waals surface area contributed by atoms with Crippen molar-refractivity contribution in [3.63, 3.8) is 0 Å². The second-order valence-corrected chi connectivity index (χ2v) is 6.07. The Kier molecular flexibility index (Phi) is 6.95. The topological polar surface area (TPSA) is 83.1 Å². The van der Waals surface area contributed by atoms with Gasteiger partial charge in [-0.2, -0.15) is 0 Å². The maximum atomic E-state index is 9.47. The molecule has 1 saturated heterocycles. The number of hydrogen-bond donors (Lipinski definition) is 3.